The van der Waals surface area contributed by atoms with Gasteiger partial charge in [0.1, 0.15) is 0 Å². The summed E-state index contributed by atoms with van der Waals surface area (Å²) in [6.07, 6.45) is 0.536. The van der Waals surface area contributed by atoms with E-state index in [-0.39, 0.29) is 31.6 Å². The van der Waals surface area contributed by atoms with Crippen molar-refractivity contribution in [2.75, 3.05) is 19.7 Å². The normalized spacial score (nSPS) is 11.7. The van der Waals surface area contributed by atoms with Crippen molar-refractivity contribution in [3.63, 3.8) is 0 Å². The third kappa shape index (κ3) is 5.98. The SMILES string of the molecule is NCC(=O)NCC(=O)N[C@@H](CO)Cc1ccccc1. The molecule has 6 nitrogen and oxygen atoms in total. The van der Waals surface area contributed by atoms with E-state index in [1.54, 1.807) is 0 Å². The average Bonchev–Trinajstić information content (AvgIpc) is 2.45. The van der Waals surface area contributed by atoms with Crippen molar-refractivity contribution >= 4 is 11.8 Å². The van der Waals surface area contributed by atoms with E-state index >= 15 is 0 Å². The maximum absolute atomic E-state index is 11.5. The topological polar surface area (TPSA) is 104 Å². The van der Waals surface area contributed by atoms with Crippen molar-refractivity contribution in [2.45, 2.75) is 12.5 Å². The first-order valence-electron chi connectivity index (χ1n) is 6.06. The third-order valence-electron chi connectivity index (χ3n) is 2.54. The van der Waals surface area contributed by atoms with Crippen molar-refractivity contribution in [1.82, 2.24) is 10.6 Å². The Labute approximate surface area is 112 Å². The molecule has 0 radical (unpaired) electrons. The number of rotatable bonds is 7. The van der Waals surface area contributed by atoms with E-state index < -0.39 is 5.91 Å². The minimum Gasteiger partial charge on any atom is -0.394 e. The Bertz CT molecular complexity index is 409. The molecule has 104 valence electrons. The van der Waals surface area contributed by atoms with Crippen LogP contribution in [-0.4, -0.2) is 42.7 Å². The Balaban J connectivity index is 2.39. The molecule has 0 bridgehead atoms. The predicted molar refractivity (Wildman–Crippen MR) is 71.2 cm³/mol. The largest absolute Gasteiger partial charge is 0.394 e. The van der Waals surface area contributed by atoms with Crippen LogP contribution in [0.4, 0.5) is 0 Å². The van der Waals surface area contributed by atoms with E-state index in [4.69, 9.17) is 5.73 Å². The number of hydrogen-bond acceptors (Lipinski definition) is 4. The summed E-state index contributed by atoms with van der Waals surface area (Å²) in [5.41, 5.74) is 6.13. The number of aliphatic hydroxyl groups excluding tert-OH is 1. The zero-order chi connectivity index (χ0) is 14.1. The molecule has 0 spiro atoms. The van der Waals surface area contributed by atoms with E-state index in [1.807, 2.05) is 30.3 Å². The van der Waals surface area contributed by atoms with Gasteiger partial charge in [-0.25, -0.2) is 0 Å². The van der Waals surface area contributed by atoms with Gasteiger partial charge in [0.15, 0.2) is 0 Å². The summed E-state index contributed by atoms with van der Waals surface area (Å²) in [5, 5.41) is 14.3. The number of nitrogens with one attached hydrogen (secondary N) is 2. The van der Waals surface area contributed by atoms with E-state index in [0.717, 1.165) is 5.56 Å². The van der Waals surface area contributed by atoms with Crippen LogP contribution < -0.4 is 16.4 Å². The summed E-state index contributed by atoms with van der Waals surface area (Å²) in [7, 11) is 0. The van der Waals surface area contributed by atoms with Crippen LogP contribution in [-0.2, 0) is 16.0 Å². The van der Waals surface area contributed by atoms with Crippen LogP contribution >= 0.6 is 0 Å². The lowest BCUT2D eigenvalue weighted by molar-refractivity contribution is -0.125. The number of carbonyl (C=O) groups excluding carboxylic acids is 2. The minimum atomic E-state index is -0.390. The summed E-state index contributed by atoms with van der Waals surface area (Å²) >= 11 is 0. The highest BCUT2D eigenvalue weighted by molar-refractivity contribution is 5.85. The summed E-state index contributed by atoms with van der Waals surface area (Å²) in [5.74, 6) is -0.740. The van der Waals surface area contributed by atoms with Crippen LogP contribution in [0.3, 0.4) is 0 Å². The van der Waals surface area contributed by atoms with Gasteiger partial charge in [-0.15, -0.1) is 0 Å². The summed E-state index contributed by atoms with van der Waals surface area (Å²) in [6, 6.07) is 9.17. The molecular formula is C13H19N3O3. The van der Waals surface area contributed by atoms with Gasteiger partial charge in [0, 0.05) is 0 Å². The van der Waals surface area contributed by atoms with E-state index in [0.29, 0.717) is 6.42 Å². The quantitative estimate of drug-likeness (QED) is 0.496. The highest BCUT2D eigenvalue weighted by Gasteiger charge is 2.12. The lowest BCUT2D eigenvalue weighted by Crippen LogP contribution is -2.45. The highest BCUT2D eigenvalue weighted by atomic mass is 16.3. The molecule has 0 heterocycles. The van der Waals surface area contributed by atoms with Crippen molar-refractivity contribution < 1.29 is 14.7 Å². The zero-order valence-corrected chi connectivity index (χ0v) is 10.6. The first kappa shape index (κ1) is 15.1. The van der Waals surface area contributed by atoms with Crippen molar-refractivity contribution in [2.24, 2.45) is 5.73 Å². The fourth-order valence-corrected chi connectivity index (χ4v) is 1.59. The van der Waals surface area contributed by atoms with Gasteiger partial charge >= 0.3 is 0 Å². The molecule has 1 atom stereocenters. The van der Waals surface area contributed by atoms with Crippen molar-refractivity contribution in [3.05, 3.63) is 35.9 Å². The molecule has 0 unspecified atom stereocenters. The maximum Gasteiger partial charge on any atom is 0.239 e. The zero-order valence-electron chi connectivity index (χ0n) is 10.6. The monoisotopic (exact) mass is 265 g/mol. The Kier molecular flexibility index (Phi) is 6.56. The average molecular weight is 265 g/mol. The van der Waals surface area contributed by atoms with Gasteiger partial charge < -0.3 is 21.5 Å². The van der Waals surface area contributed by atoms with Crippen LogP contribution in [0.15, 0.2) is 30.3 Å². The van der Waals surface area contributed by atoms with Gasteiger partial charge in [-0.05, 0) is 12.0 Å². The summed E-state index contributed by atoms with van der Waals surface area (Å²) in [6.45, 7) is -0.451. The standard InChI is InChI=1S/C13H19N3O3/c14-7-12(18)15-8-13(19)16-11(9-17)6-10-4-2-1-3-5-10/h1-5,11,17H,6-9,14H2,(H,15,18)(H,16,19)/t11-/m1/s1. The summed E-state index contributed by atoms with van der Waals surface area (Å²) in [4.78, 5) is 22.4. The van der Waals surface area contributed by atoms with Gasteiger partial charge in [-0.2, -0.15) is 0 Å². The van der Waals surface area contributed by atoms with Gasteiger partial charge in [-0.1, -0.05) is 30.3 Å². The smallest absolute Gasteiger partial charge is 0.239 e. The molecule has 0 fully saturated rings. The molecule has 1 rings (SSSR count). The lowest BCUT2D eigenvalue weighted by atomic mass is 10.1. The molecule has 0 saturated carbocycles. The van der Waals surface area contributed by atoms with Crippen molar-refractivity contribution in [1.29, 1.82) is 0 Å². The first-order valence-corrected chi connectivity index (χ1v) is 6.06. The number of nitrogens with two attached hydrogens (primary N) is 1. The molecule has 5 N–H and O–H groups in total. The number of benzene rings is 1. The first-order chi connectivity index (χ1) is 9.15. The number of amides is 2. The van der Waals surface area contributed by atoms with Gasteiger partial charge in [-0.3, -0.25) is 9.59 Å². The Morgan fingerprint density at radius 3 is 2.47 bits per heavy atom. The Hall–Kier alpha value is -1.92. The van der Waals surface area contributed by atoms with Gasteiger partial charge in [0.2, 0.25) is 11.8 Å². The predicted octanol–water partition coefficient (Wildman–Crippen LogP) is -1.22. The van der Waals surface area contributed by atoms with Crippen LogP contribution in [0.2, 0.25) is 0 Å². The highest BCUT2D eigenvalue weighted by Crippen LogP contribution is 2.02. The molecule has 0 aliphatic rings. The van der Waals surface area contributed by atoms with Crippen LogP contribution in [0.1, 0.15) is 5.56 Å². The fourth-order valence-electron chi connectivity index (χ4n) is 1.59. The molecule has 0 aliphatic heterocycles. The minimum absolute atomic E-state index is 0.138. The second kappa shape index (κ2) is 8.23. The van der Waals surface area contributed by atoms with Gasteiger partial charge in [0.05, 0.1) is 25.7 Å². The Morgan fingerprint density at radius 2 is 1.89 bits per heavy atom. The molecule has 0 saturated heterocycles. The van der Waals surface area contributed by atoms with Crippen LogP contribution in [0.25, 0.3) is 0 Å². The van der Waals surface area contributed by atoms with Crippen molar-refractivity contribution in [3.8, 4) is 0 Å². The van der Waals surface area contributed by atoms with E-state index in [2.05, 4.69) is 10.6 Å². The molecule has 1 aromatic carbocycles. The second-order valence-electron chi connectivity index (χ2n) is 4.12. The molecule has 19 heavy (non-hydrogen) atoms. The second-order valence-corrected chi connectivity index (χ2v) is 4.12. The Morgan fingerprint density at radius 1 is 1.21 bits per heavy atom. The van der Waals surface area contributed by atoms with Gasteiger partial charge in [0.25, 0.3) is 0 Å². The fraction of sp³-hybridized carbons (Fsp3) is 0.385. The molecule has 2 amide bonds. The van der Waals surface area contributed by atoms with E-state index in [9.17, 15) is 14.7 Å². The molecule has 0 aliphatic carbocycles. The van der Waals surface area contributed by atoms with Crippen LogP contribution in [0, 0.1) is 0 Å². The molecule has 6 heteroatoms. The third-order valence-corrected chi connectivity index (χ3v) is 2.54. The molecule has 0 aromatic heterocycles. The van der Waals surface area contributed by atoms with E-state index in [1.165, 1.54) is 0 Å². The lowest BCUT2D eigenvalue weighted by Gasteiger charge is -2.16. The van der Waals surface area contributed by atoms with Crippen LogP contribution in [0.5, 0.6) is 0 Å². The number of hydrogen-bond donors (Lipinski definition) is 4. The molecular weight excluding hydrogens is 246 g/mol. The molecule has 1 aromatic rings. The maximum atomic E-state index is 11.5. The number of carbonyl (C=O) groups is 2. The summed E-state index contributed by atoms with van der Waals surface area (Å²) < 4.78 is 0. The number of aliphatic hydroxyl groups is 1.